The number of carbonyl (C=O) groups is 2. The molecule has 1 aromatic rings. The van der Waals surface area contributed by atoms with Crippen molar-refractivity contribution < 1.29 is 19.6 Å². The molecule has 0 aromatic carbocycles. The Kier molecular flexibility index (Phi) is 3.04. The van der Waals surface area contributed by atoms with E-state index in [1.54, 1.807) is 0 Å². The molecule has 96 valence electrons. The summed E-state index contributed by atoms with van der Waals surface area (Å²) in [7, 11) is 0. The van der Waals surface area contributed by atoms with E-state index in [1.807, 2.05) is 0 Å². The number of amides is 1. The van der Waals surface area contributed by atoms with E-state index in [9.17, 15) is 19.7 Å². The molecule has 1 aliphatic rings. The molecule has 2 N–H and O–H groups in total. The third kappa shape index (κ3) is 2.33. The zero-order valence-electron chi connectivity index (χ0n) is 9.21. The summed E-state index contributed by atoms with van der Waals surface area (Å²) in [4.78, 5) is 32.7. The van der Waals surface area contributed by atoms with Crippen LogP contribution in [0.1, 0.15) is 22.5 Å². The molecule has 0 atom stereocenters. The highest BCUT2D eigenvalue weighted by Gasteiger charge is 2.50. The SMILES string of the molecule is O=C(NCC1(C(=O)O)CC1)c1ccc([N+](=O)[O-])s1. The lowest BCUT2D eigenvalue weighted by Gasteiger charge is -2.09. The number of nitro groups is 1. The van der Waals surface area contributed by atoms with Gasteiger partial charge in [0.15, 0.2) is 0 Å². The molecule has 0 radical (unpaired) electrons. The van der Waals surface area contributed by atoms with Gasteiger partial charge >= 0.3 is 11.0 Å². The fraction of sp³-hybridized carbons (Fsp3) is 0.400. The first-order valence-electron chi connectivity index (χ1n) is 5.20. The first-order chi connectivity index (χ1) is 8.44. The van der Waals surface area contributed by atoms with Crippen LogP contribution in [0.3, 0.4) is 0 Å². The Morgan fingerprint density at radius 3 is 2.61 bits per heavy atom. The van der Waals surface area contributed by atoms with Crippen LogP contribution in [-0.4, -0.2) is 28.5 Å². The molecule has 1 aromatic heterocycles. The molecule has 1 saturated carbocycles. The highest BCUT2D eigenvalue weighted by molar-refractivity contribution is 7.17. The van der Waals surface area contributed by atoms with Gasteiger partial charge in [0.05, 0.1) is 15.2 Å². The van der Waals surface area contributed by atoms with E-state index >= 15 is 0 Å². The summed E-state index contributed by atoms with van der Waals surface area (Å²) in [5, 5.41) is 21.8. The molecule has 8 heteroatoms. The van der Waals surface area contributed by atoms with Crippen LogP contribution in [-0.2, 0) is 4.79 Å². The number of carboxylic acids is 1. The highest BCUT2D eigenvalue weighted by Crippen LogP contribution is 2.45. The van der Waals surface area contributed by atoms with Crippen LogP contribution in [0.25, 0.3) is 0 Å². The van der Waals surface area contributed by atoms with Gasteiger partial charge in [0, 0.05) is 12.6 Å². The van der Waals surface area contributed by atoms with Crippen LogP contribution < -0.4 is 5.32 Å². The normalized spacial score (nSPS) is 16.0. The van der Waals surface area contributed by atoms with Crippen LogP contribution in [0.5, 0.6) is 0 Å². The Bertz CT molecular complexity index is 520. The zero-order valence-corrected chi connectivity index (χ0v) is 10.0. The Morgan fingerprint density at radius 1 is 1.50 bits per heavy atom. The fourth-order valence-electron chi connectivity index (χ4n) is 1.50. The molecule has 0 unspecified atom stereocenters. The molecule has 1 amide bonds. The summed E-state index contributed by atoms with van der Waals surface area (Å²) in [6.45, 7) is 0.0624. The molecule has 0 spiro atoms. The van der Waals surface area contributed by atoms with E-state index in [0.29, 0.717) is 12.8 Å². The number of thiophene rings is 1. The number of carboxylic acid groups (broad SMARTS) is 1. The minimum atomic E-state index is -0.917. The van der Waals surface area contributed by atoms with E-state index in [0.717, 1.165) is 11.3 Å². The van der Waals surface area contributed by atoms with E-state index in [1.165, 1.54) is 12.1 Å². The van der Waals surface area contributed by atoms with Crippen molar-refractivity contribution in [3.63, 3.8) is 0 Å². The van der Waals surface area contributed by atoms with Crippen molar-refractivity contribution >= 4 is 28.2 Å². The molecule has 0 bridgehead atoms. The van der Waals surface area contributed by atoms with Crippen LogP contribution in [0, 0.1) is 15.5 Å². The fourth-order valence-corrected chi connectivity index (χ4v) is 2.24. The van der Waals surface area contributed by atoms with Crippen molar-refractivity contribution in [3.05, 3.63) is 27.1 Å². The molecule has 1 aliphatic carbocycles. The lowest BCUT2D eigenvalue weighted by molar-refractivity contribution is -0.380. The molecular weight excluding hydrogens is 260 g/mol. The van der Waals surface area contributed by atoms with Crippen LogP contribution in [0.4, 0.5) is 5.00 Å². The Balaban J connectivity index is 1.96. The van der Waals surface area contributed by atoms with E-state index in [-0.39, 0.29) is 16.4 Å². The predicted molar refractivity (Wildman–Crippen MR) is 62.6 cm³/mol. The second kappa shape index (κ2) is 4.37. The van der Waals surface area contributed by atoms with Gasteiger partial charge in [-0.15, -0.1) is 0 Å². The van der Waals surface area contributed by atoms with Crippen molar-refractivity contribution in [1.29, 1.82) is 0 Å². The van der Waals surface area contributed by atoms with Crippen molar-refractivity contribution in [1.82, 2.24) is 5.32 Å². The number of hydrogen-bond acceptors (Lipinski definition) is 5. The number of carbonyl (C=O) groups excluding carboxylic acids is 1. The second-order valence-electron chi connectivity index (χ2n) is 4.16. The van der Waals surface area contributed by atoms with E-state index in [4.69, 9.17) is 5.11 Å². The van der Waals surface area contributed by atoms with Gasteiger partial charge in [-0.2, -0.15) is 0 Å². The average Bonchev–Trinajstić information content (AvgIpc) is 2.94. The molecule has 1 fully saturated rings. The van der Waals surface area contributed by atoms with Gasteiger partial charge in [-0.25, -0.2) is 0 Å². The van der Waals surface area contributed by atoms with Gasteiger partial charge in [0.1, 0.15) is 0 Å². The highest BCUT2D eigenvalue weighted by atomic mass is 32.1. The van der Waals surface area contributed by atoms with Gasteiger partial charge in [0.2, 0.25) is 0 Å². The van der Waals surface area contributed by atoms with E-state index < -0.39 is 22.2 Å². The second-order valence-corrected chi connectivity index (χ2v) is 5.23. The Hall–Kier alpha value is -1.96. The van der Waals surface area contributed by atoms with Crippen LogP contribution in [0.15, 0.2) is 12.1 Å². The standard InChI is InChI=1S/C10H10N2O5S/c13-8(6-1-2-7(18-6)12(16)17)11-5-10(3-4-10)9(14)15/h1-2H,3-5H2,(H,11,13)(H,14,15). The lowest BCUT2D eigenvalue weighted by Crippen LogP contribution is -2.33. The lowest BCUT2D eigenvalue weighted by atomic mass is 10.1. The predicted octanol–water partition coefficient (Wildman–Crippen LogP) is 1.25. The first-order valence-corrected chi connectivity index (χ1v) is 6.02. The topological polar surface area (TPSA) is 110 Å². The molecule has 7 nitrogen and oxygen atoms in total. The summed E-state index contributed by atoms with van der Waals surface area (Å²) in [5.74, 6) is -1.39. The summed E-state index contributed by atoms with van der Waals surface area (Å²) in [5.41, 5.74) is -0.834. The summed E-state index contributed by atoms with van der Waals surface area (Å²) >= 11 is 0.770. The van der Waals surface area contributed by atoms with Crippen molar-refractivity contribution in [3.8, 4) is 0 Å². The van der Waals surface area contributed by atoms with Crippen molar-refractivity contribution in [2.75, 3.05) is 6.54 Å². The number of aliphatic carboxylic acids is 1. The third-order valence-electron chi connectivity index (χ3n) is 2.89. The number of nitrogens with one attached hydrogen (secondary N) is 1. The number of nitrogens with zero attached hydrogens (tertiary/aromatic N) is 1. The first kappa shape index (κ1) is 12.5. The summed E-state index contributed by atoms with van der Waals surface area (Å²) < 4.78 is 0. The minimum absolute atomic E-state index is 0.0624. The maximum atomic E-state index is 11.7. The number of rotatable bonds is 5. The smallest absolute Gasteiger partial charge is 0.324 e. The largest absolute Gasteiger partial charge is 0.481 e. The maximum absolute atomic E-state index is 11.7. The Labute approximate surface area is 106 Å². The molecule has 2 rings (SSSR count). The van der Waals surface area contributed by atoms with Gasteiger partial charge in [-0.1, -0.05) is 11.3 Å². The maximum Gasteiger partial charge on any atom is 0.324 e. The van der Waals surface area contributed by atoms with Crippen LogP contribution in [0.2, 0.25) is 0 Å². The van der Waals surface area contributed by atoms with E-state index in [2.05, 4.69) is 5.32 Å². The molecule has 0 saturated heterocycles. The minimum Gasteiger partial charge on any atom is -0.481 e. The molecule has 1 heterocycles. The van der Waals surface area contributed by atoms with Gasteiger partial charge in [-0.3, -0.25) is 19.7 Å². The van der Waals surface area contributed by atoms with Gasteiger partial charge < -0.3 is 10.4 Å². The quantitative estimate of drug-likeness (QED) is 0.618. The monoisotopic (exact) mass is 270 g/mol. The molecular formula is C10H10N2O5S. The molecule has 18 heavy (non-hydrogen) atoms. The average molecular weight is 270 g/mol. The van der Waals surface area contributed by atoms with Crippen molar-refractivity contribution in [2.45, 2.75) is 12.8 Å². The number of hydrogen-bond donors (Lipinski definition) is 2. The zero-order chi connectivity index (χ0) is 13.3. The third-order valence-corrected chi connectivity index (χ3v) is 3.93. The van der Waals surface area contributed by atoms with Gasteiger partial charge in [-0.05, 0) is 18.9 Å². The van der Waals surface area contributed by atoms with Gasteiger partial charge in [0.25, 0.3) is 5.91 Å². The summed E-state index contributed by atoms with van der Waals surface area (Å²) in [6, 6.07) is 2.61. The summed E-state index contributed by atoms with van der Waals surface area (Å²) in [6.07, 6.45) is 1.10. The Morgan fingerprint density at radius 2 is 2.17 bits per heavy atom. The van der Waals surface area contributed by atoms with Crippen LogP contribution >= 0.6 is 11.3 Å². The van der Waals surface area contributed by atoms with Crippen molar-refractivity contribution in [2.24, 2.45) is 5.41 Å². The molecule has 0 aliphatic heterocycles.